The standard InChI is InChI=1S/C18H23BrN4S.HI/c1-4-20-18(23(3)10-15-11-24-12(2)21-15)22-17-9-16(17)13-5-7-14(19)8-6-13;/h5-8,11,16-17H,4,9-10H2,1-3H3,(H,20,22);1H. The van der Waals surface area contributed by atoms with Gasteiger partial charge in [-0.3, -0.25) is 4.99 Å². The van der Waals surface area contributed by atoms with Crippen molar-refractivity contribution in [3.05, 3.63) is 50.4 Å². The van der Waals surface area contributed by atoms with Crippen LogP contribution in [0.3, 0.4) is 0 Å². The zero-order valence-electron chi connectivity index (χ0n) is 14.7. The molecule has 2 atom stereocenters. The summed E-state index contributed by atoms with van der Waals surface area (Å²) in [5.74, 6) is 1.54. The molecule has 0 radical (unpaired) electrons. The summed E-state index contributed by atoms with van der Waals surface area (Å²) in [4.78, 5) is 11.4. The molecule has 1 aromatic carbocycles. The van der Waals surface area contributed by atoms with E-state index >= 15 is 0 Å². The zero-order chi connectivity index (χ0) is 17.1. The Morgan fingerprint density at radius 2 is 2.12 bits per heavy atom. The predicted octanol–water partition coefficient (Wildman–Crippen LogP) is 4.79. The van der Waals surface area contributed by atoms with Gasteiger partial charge in [-0.2, -0.15) is 0 Å². The third-order valence-corrected chi connectivity index (χ3v) is 5.49. The van der Waals surface area contributed by atoms with E-state index in [2.05, 4.69) is 79.7 Å². The van der Waals surface area contributed by atoms with E-state index in [9.17, 15) is 0 Å². The van der Waals surface area contributed by atoms with Gasteiger partial charge in [-0.05, 0) is 38.0 Å². The van der Waals surface area contributed by atoms with Crippen LogP contribution >= 0.6 is 51.2 Å². The lowest BCUT2D eigenvalue weighted by Gasteiger charge is -2.22. The minimum Gasteiger partial charge on any atom is -0.353 e. The van der Waals surface area contributed by atoms with Crippen molar-refractivity contribution in [1.82, 2.24) is 15.2 Å². The van der Waals surface area contributed by atoms with E-state index in [1.165, 1.54) is 5.56 Å². The highest BCUT2D eigenvalue weighted by molar-refractivity contribution is 14.0. The minimum absolute atomic E-state index is 0. The Hall–Kier alpha value is -0.670. The highest BCUT2D eigenvalue weighted by Gasteiger charge is 2.39. The Morgan fingerprint density at radius 3 is 2.72 bits per heavy atom. The van der Waals surface area contributed by atoms with E-state index in [1.54, 1.807) is 11.3 Å². The smallest absolute Gasteiger partial charge is 0.194 e. The van der Waals surface area contributed by atoms with E-state index in [1.807, 2.05) is 6.92 Å². The SMILES string of the molecule is CCN=C(NC1CC1c1ccc(Br)cc1)N(C)Cc1csc(C)n1.I. The maximum Gasteiger partial charge on any atom is 0.194 e. The largest absolute Gasteiger partial charge is 0.353 e. The van der Waals surface area contributed by atoms with Gasteiger partial charge in [0.1, 0.15) is 0 Å². The Kier molecular flexibility index (Phi) is 7.69. The molecule has 1 N–H and O–H groups in total. The molecule has 1 saturated carbocycles. The molecule has 0 bridgehead atoms. The number of nitrogens with zero attached hydrogens (tertiary/aromatic N) is 3. The summed E-state index contributed by atoms with van der Waals surface area (Å²) < 4.78 is 1.13. The van der Waals surface area contributed by atoms with Crippen molar-refractivity contribution >= 4 is 57.2 Å². The van der Waals surface area contributed by atoms with Crippen LogP contribution < -0.4 is 5.32 Å². The lowest BCUT2D eigenvalue weighted by Crippen LogP contribution is -2.40. The Morgan fingerprint density at radius 1 is 1.40 bits per heavy atom. The maximum atomic E-state index is 4.65. The van der Waals surface area contributed by atoms with Crippen molar-refractivity contribution in [2.45, 2.75) is 38.8 Å². The van der Waals surface area contributed by atoms with Crippen molar-refractivity contribution in [3.63, 3.8) is 0 Å². The van der Waals surface area contributed by atoms with Crippen molar-refractivity contribution in [2.24, 2.45) is 4.99 Å². The number of benzene rings is 1. The third-order valence-electron chi connectivity index (χ3n) is 4.14. The van der Waals surface area contributed by atoms with Crippen LogP contribution in [0.5, 0.6) is 0 Å². The van der Waals surface area contributed by atoms with Crippen LogP contribution in [0, 0.1) is 6.92 Å². The van der Waals surface area contributed by atoms with Gasteiger partial charge < -0.3 is 10.2 Å². The molecule has 2 aromatic rings. The zero-order valence-corrected chi connectivity index (χ0v) is 19.4. The number of aromatic nitrogens is 1. The molecule has 25 heavy (non-hydrogen) atoms. The number of rotatable bonds is 5. The van der Waals surface area contributed by atoms with Gasteiger partial charge in [0.05, 0.1) is 17.2 Å². The van der Waals surface area contributed by atoms with Gasteiger partial charge in [0, 0.05) is 35.4 Å². The average Bonchev–Trinajstić information content (AvgIpc) is 3.20. The molecule has 1 heterocycles. The molecule has 3 rings (SSSR count). The summed E-state index contributed by atoms with van der Waals surface area (Å²) in [7, 11) is 2.08. The fourth-order valence-electron chi connectivity index (χ4n) is 2.82. The van der Waals surface area contributed by atoms with E-state index in [-0.39, 0.29) is 24.0 Å². The van der Waals surface area contributed by atoms with E-state index in [4.69, 9.17) is 0 Å². The summed E-state index contributed by atoms with van der Waals surface area (Å²) >= 11 is 5.19. The average molecular weight is 535 g/mol. The molecule has 0 amide bonds. The minimum atomic E-state index is 0. The number of aryl methyl sites for hydroxylation is 1. The van der Waals surface area contributed by atoms with Crippen LogP contribution in [0.2, 0.25) is 0 Å². The molecule has 0 aliphatic heterocycles. The second-order valence-corrected chi connectivity index (χ2v) is 8.13. The molecule has 7 heteroatoms. The molecular weight excluding hydrogens is 511 g/mol. The summed E-state index contributed by atoms with van der Waals surface area (Å²) in [6.07, 6.45) is 1.16. The Balaban J connectivity index is 0.00000225. The van der Waals surface area contributed by atoms with Gasteiger partial charge in [0.25, 0.3) is 0 Å². The van der Waals surface area contributed by atoms with Gasteiger partial charge in [-0.1, -0.05) is 28.1 Å². The second kappa shape index (κ2) is 9.32. The van der Waals surface area contributed by atoms with E-state index in [0.717, 1.165) is 40.6 Å². The van der Waals surface area contributed by atoms with Crippen molar-refractivity contribution in [2.75, 3.05) is 13.6 Å². The molecule has 0 saturated heterocycles. The van der Waals surface area contributed by atoms with Crippen LogP contribution in [0.1, 0.15) is 35.5 Å². The number of hydrogen-bond acceptors (Lipinski definition) is 3. The van der Waals surface area contributed by atoms with Crippen LogP contribution in [0.4, 0.5) is 0 Å². The summed E-state index contributed by atoms with van der Waals surface area (Å²) in [5.41, 5.74) is 2.50. The normalized spacial score (nSPS) is 19.3. The monoisotopic (exact) mass is 534 g/mol. The molecule has 1 aromatic heterocycles. The second-order valence-electron chi connectivity index (χ2n) is 6.16. The maximum absolute atomic E-state index is 4.65. The van der Waals surface area contributed by atoms with Crippen LogP contribution in [0.15, 0.2) is 39.1 Å². The van der Waals surface area contributed by atoms with Crippen molar-refractivity contribution in [1.29, 1.82) is 0 Å². The highest BCUT2D eigenvalue weighted by Crippen LogP contribution is 2.41. The summed E-state index contributed by atoms with van der Waals surface area (Å²) in [6.45, 7) is 5.67. The molecule has 1 aliphatic rings. The first-order valence-electron chi connectivity index (χ1n) is 8.25. The number of guanidine groups is 1. The molecule has 136 valence electrons. The predicted molar refractivity (Wildman–Crippen MR) is 120 cm³/mol. The number of halogens is 2. The summed E-state index contributed by atoms with van der Waals surface area (Å²) in [6, 6.07) is 9.10. The molecule has 1 fully saturated rings. The topological polar surface area (TPSA) is 40.5 Å². The molecule has 2 unspecified atom stereocenters. The lowest BCUT2D eigenvalue weighted by molar-refractivity contribution is 0.468. The fourth-order valence-corrected chi connectivity index (χ4v) is 3.69. The first-order valence-corrected chi connectivity index (χ1v) is 9.92. The van der Waals surface area contributed by atoms with Crippen molar-refractivity contribution in [3.8, 4) is 0 Å². The number of thiazole rings is 1. The van der Waals surface area contributed by atoms with Crippen LogP contribution in [0.25, 0.3) is 0 Å². The van der Waals surface area contributed by atoms with E-state index in [0.29, 0.717) is 12.0 Å². The number of nitrogens with one attached hydrogen (secondary N) is 1. The van der Waals surface area contributed by atoms with Gasteiger partial charge in [0.2, 0.25) is 0 Å². The first-order chi connectivity index (χ1) is 11.6. The fraction of sp³-hybridized carbons (Fsp3) is 0.444. The molecule has 1 aliphatic carbocycles. The Bertz CT molecular complexity index is 716. The first kappa shape index (κ1) is 20.6. The van der Waals surface area contributed by atoms with Gasteiger partial charge >= 0.3 is 0 Å². The van der Waals surface area contributed by atoms with Gasteiger partial charge in [-0.25, -0.2) is 4.98 Å². The quantitative estimate of drug-likeness (QED) is 0.341. The number of hydrogen-bond donors (Lipinski definition) is 1. The van der Waals surface area contributed by atoms with Crippen LogP contribution in [-0.4, -0.2) is 35.5 Å². The lowest BCUT2D eigenvalue weighted by atomic mass is 10.1. The van der Waals surface area contributed by atoms with Gasteiger partial charge in [0.15, 0.2) is 5.96 Å². The molecular formula is C18H24BrIN4S. The van der Waals surface area contributed by atoms with Crippen molar-refractivity contribution < 1.29 is 0 Å². The molecule has 4 nitrogen and oxygen atoms in total. The Labute approximate surface area is 179 Å². The number of aliphatic imine (C=N–C) groups is 1. The highest BCUT2D eigenvalue weighted by atomic mass is 127. The summed E-state index contributed by atoms with van der Waals surface area (Å²) in [5, 5.41) is 6.85. The van der Waals surface area contributed by atoms with E-state index < -0.39 is 0 Å². The third kappa shape index (κ3) is 5.65. The molecule has 0 spiro atoms. The van der Waals surface area contributed by atoms with Crippen LogP contribution in [-0.2, 0) is 6.54 Å². The van der Waals surface area contributed by atoms with Gasteiger partial charge in [-0.15, -0.1) is 35.3 Å².